The van der Waals surface area contributed by atoms with Gasteiger partial charge in [-0.2, -0.15) is 0 Å². The quantitative estimate of drug-likeness (QED) is 0.622. The van der Waals surface area contributed by atoms with Gasteiger partial charge in [0.2, 0.25) is 11.9 Å². The lowest BCUT2D eigenvalue weighted by Crippen LogP contribution is -2.62. The zero-order chi connectivity index (χ0) is 16.9. The van der Waals surface area contributed by atoms with Crippen molar-refractivity contribution in [3.05, 3.63) is 36.7 Å². The average molecular weight is 314 g/mol. The lowest BCUT2D eigenvalue weighted by atomic mass is 10.1. The van der Waals surface area contributed by atoms with E-state index in [1.54, 1.807) is 20.0 Å². The molecule has 0 aliphatic carbocycles. The Kier molecular flexibility index (Phi) is 3.43. The molecular formula is C16H20N5O2+. The third kappa shape index (κ3) is 2.11. The molecule has 3 amide bonds. The molecule has 7 heteroatoms. The van der Waals surface area contributed by atoms with E-state index in [9.17, 15) is 9.59 Å². The van der Waals surface area contributed by atoms with Crippen LogP contribution in [-0.2, 0) is 11.3 Å². The van der Waals surface area contributed by atoms with Gasteiger partial charge >= 0.3 is 12.0 Å². The van der Waals surface area contributed by atoms with Crippen molar-refractivity contribution in [2.75, 3.05) is 13.6 Å². The number of allylic oxidation sites excluding steroid dienone is 1. The Morgan fingerprint density at radius 3 is 2.78 bits per heavy atom. The zero-order valence-electron chi connectivity index (χ0n) is 13.6. The van der Waals surface area contributed by atoms with Crippen LogP contribution in [0.1, 0.15) is 18.7 Å². The molecule has 0 spiro atoms. The van der Waals surface area contributed by atoms with E-state index in [2.05, 4.69) is 18.2 Å². The van der Waals surface area contributed by atoms with E-state index >= 15 is 0 Å². The number of hydrogen-bond donors (Lipinski definition) is 0. The van der Waals surface area contributed by atoms with Gasteiger partial charge in [0.25, 0.3) is 5.91 Å². The summed E-state index contributed by atoms with van der Waals surface area (Å²) in [4.78, 5) is 32.5. The van der Waals surface area contributed by atoms with E-state index in [0.717, 1.165) is 11.3 Å². The molecular weight excluding hydrogens is 294 g/mol. The Hall–Kier alpha value is -2.70. The predicted molar refractivity (Wildman–Crippen MR) is 85.4 cm³/mol. The van der Waals surface area contributed by atoms with Crippen LogP contribution in [-0.4, -0.2) is 45.7 Å². The van der Waals surface area contributed by atoms with Gasteiger partial charge in [-0.05, 0) is 13.8 Å². The van der Waals surface area contributed by atoms with Gasteiger partial charge in [-0.3, -0.25) is 14.6 Å². The molecule has 0 bridgehead atoms. The molecule has 1 fully saturated rings. The van der Waals surface area contributed by atoms with Crippen molar-refractivity contribution in [3.8, 4) is 0 Å². The number of hydrogen-bond acceptors (Lipinski definition) is 3. The highest BCUT2D eigenvalue weighted by Crippen LogP contribution is 2.29. The van der Waals surface area contributed by atoms with E-state index in [-0.39, 0.29) is 18.5 Å². The van der Waals surface area contributed by atoms with Crippen molar-refractivity contribution in [2.45, 2.75) is 26.4 Å². The SMILES string of the molecule is C=CCn1c(C)c[n+]2c1N=C1C2C(=O)N(CC(=C)C)C(=O)N1C. The second-order valence-electron chi connectivity index (χ2n) is 5.97. The van der Waals surface area contributed by atoms with E-state index < -0.39 is 6.04 Å². The van der Waals surface area contributed by atoms with E-state index in [1.807, 2.05) is 22.3 Å². The minimum Gasteiger partial charge on any atom is -0.270 e. The number of rotatable bonds is 4. The smallest absolute Gasteiger partial charge is 0.270 e. The van der Waals surface area contributed by atoms with E-state index in [1.165, 1.54) is 9.80 Å². The average Bonchev–Trinajstić information content (AvgIpc) is 2.98. The first kappa shape index (κ1) is 15.2. The molecule has 0 saturated carbocycles. The second kappa shape index (κ2) is 5.19. The van der Waals surface area contributed by atoms with Crippen LogP contribution >= 0.6 is 0 Å². The zero-order valence-corrected chi connectivity index (χ0v) is 13.6. The molecule has 1 saturated heterocycles. The van der Waals surface area contributed by atoms with Crippen LogP contribution < -0.4 is 4.57 Å². The minimum absolute atomic E-state index is 0.216. The molecule has 3 heterocycles. The molecule has 1 aromatic rings. The van der Waals surface area contributed by atoms with Crippen molar-refractivity contribution >= 4 is 23.7 Å². The summed E-state index contributed by atoms with van der Waals surface area (Å²) in [5.74, 6) is 0.854. The number of carbonyl (C=O) groups excluding carboxylic acids is 2. The number of imidazole rings is 1. The van der Waals surface area contributed by atoms with E-state index in [4.69, 9.17) is 0 Å². The summed E-state index contributed by atoms with van der Waals surface area (Å²) in [6, 6.07) is -0.970. The van der Waals surface area contributed by atoms with Crippen molar-refractivity contribution in [3.63, 3.8) is 0 Å². The Morgan fingerprint density at radius 1 is 1.48 bits per heavy atom. The summed E-state index contributed by atoms with van der Waals surface area (Å²) in [6.07, 6.45) is 3.67. The number of urea groups is 1. The maximum Gasteiger partial charge on any atom is 0.402 e. The van der Waals surface area contributed by atoms with Crippen molar-refractivity contribution in [1.29, 1.82) is 0 Å². The number of amidine groups is 1. The van der Waals surface area contributed by atoms with Gasteiger partial charge in [0, 0.05) is 7.05 Å². The lowest BCUT2D eigenvalue weighted by Gasteiger charge is -2.33. The number of aryl methyl sites for hydroxylation is 1. The monoisotopic (exact) mass is 314 g/mol. The highest BCUT2D eigenvalue weighted by Gasteiger charge is 2.52. The largest absolute Gasteiger partial charge is 0.402 e. The molecule has 0 N–H and O–H groups in total. The fraction of sp³-hybridized carbons (Fsp3) is 0.375. The first-order valence-corrected chi connectivity index (χ1v) is 7.41. The number of amides is 3. The van der Waals surface area contributed by atoms with Crippen LogP contribution in [0.4, 0.5) is 10.7 Å². The Morgan fingerprint density at radius 2 is 2.17 bits per heavy atom. The summed E-state index contributed by atoms with van der Waals surface area (Å²) >= 11 is 0. The molecule has 0 aromatic carbocycles. The first-order valence-electron chi connectivity index (χ1n) is 7.41. The van der Waals surface area contributed by atoms with Crippen LogP contribution in [0.15, 0.2) is 36.0 Å². The fourth-order valence-electron chi connectivity index (χ4n) is 3.00. The molecule has 1 atom stereocenters. The first-order chi connectivity index (χ1) is 10.9. The van der Waals surface area contributed by atoms with Crippen LogP contribution in [0.25, 0.3) is 0 Å². The number of fused-ring (bicyclic) bond motifs is 3. The molecule has 2 aliphatic rings. The molecule has 23 heavy (non-hydrogen) atoms. The summed E-state index contributed by atoms with van der Waals surface area (Å²) < 4.78 is 3.79. The van der Waals surface area contributed by atoms with Crippen molar-refractivity contribution in [2.24, 2.45) is 4.99 Å². The van der Waals surface area contributed by atoms with Crippen LogP contribution in [0.3, 0.4) is 0 Å². The number of imide groups is 1. The number of carbonyl (C=O) groups is 2. The number of nitrogens with zero attached hydrogens (tertiary/aromatic N) is 5. The Bertz CT molecular complexity index is 774. The van der Waals surface area contributed by atoms with Gasteiger partial charge in [-0.1, -0.05) is 29.8 Å². The molecule has 1 aromatic heterocycles. The van der Waals surface area contributed by atoms with Crippen molar-refractivity contribution in [1.82, 2.24) is 14.4 Å². The second-order valence-corrected chi connectivity index (χ2v) is 5.97. The normalized spacial score (nSPS) is 19.6. The number of aromatic nitrogens is 2. The minimum atomic E-state index is -0.600. The number of likely N-dealkylation sites (N-methyl/N-ethyl adjacent to an activating group) is 1. The Balaban J connectivity index is 2.09. The van der Waals surface area contributed by atoms with Crippen LogP contribution in [0, 0.1) is 6.92 Å². The highest BCUT2D eigenvalue weighted by atomic mass is 16.2. The topological polar surface area (TPSA) is 61.8 Å². The summed E-state index contributed by atoms with van der Waals surface area (Å²) in [7, 11) is 1.64. The Labute approximate surface area is 134 Å². The van der Waals surface area contributed by atoms with Crippen LogP contribution in [0.5, 0.6) is 0 Å². The fourth-order valence-corrected chi connectivity index (χ4v) is 3.00. The highest BCUT2D eigenvalue weighted by molar-refractivity contribution is 6.19. The molecule has 0 radical (unpaired) electrons. The third-order valence-corrected chi connectivity index (χ3v) is 4.06. The predicted octanol–water partition coefficient (Wildman–Crippen LogP) is 1.32. The van der Waals surface area contributed by atoms with Gasteiger partial charge in [-0.15, -0.1) is 0 Å². The molecule has 1 unspecified atom stereocenters. The van der Waals surface area contributed by atoms with Gasteiger partial charge in [0.1, 0.15) is 11.9 Å². The molecule has 7 nitrogen and oxygen atoms in total. The van der Waals surface area contributed by atoms with Gasteiger partial charge in [0.15, 0.2) is 0 Å². The third-order valence-electron chi connectivity index (χ3n) is 4.06. The molecule has 3 rings (SSSR count). The molecule has 2 aliphatic heterocycles. The van der Waals surface area contributed by atoms with Gasteiger partial charge in [0.05, 0.1) is 13.1 Å². The lowest BCUT2D eigenvalue weighted by molar-refractivity contribution is -0.677. The standard InChI is InChI=1S/C16H20N5O2/c1-6-7-19-11(4)9-20-12-13(17-15(19)20)18(5)16(23)21(14(12)22)8-10(2)3/h6,9,12H,1-2,7-8H2,3-5H3/q+1. The molecule has 120 valence electrons. The summed E-state index contributed by atoms with van der Waals surface area (Å²) in [5.41, 5.74) is 1.74. The number of aliphatic imine (C=N–C) groups is 1. The summed E-state index contributed by atoms with van der Waals surface area (Å²) in [6.45, 7) is 12.1. The maximum atomic E-state index is 12.8. The van der Waals surface area contributed by atoms with E-state index in [0.29, 0.717) is 18.3 Å². The van der Waals surface area contributed by atoms with Crippen LogP contribution in [0.2, 0.25) is 0 Å². The van der Waals surface area contributed by atoms with Gasteiger partial charge in [-0.25, -0.2) is 13.9 Å². The summed E-state index contributed by atoms with van der Waals surface area (Å²) in [5, 5.41) is 0. The van der Waals surface area contributed by atoms with Gasteiger partial charge < -0.3 is 0 Å². The maximum absolute atomic E-state index is 12.8. The van der Waals surface area contributed by atoms with Crippen molar-refractivity contribution < 1.29 is 14.2 Å².